The SMILES string of the molecule is FC(F)(F)Oc1[c]non1. The first-order chi connectivity index (χ1) is 4.58. The van der Waals surface area contributed by atoms with Gasteiger partial charge in [0.25, 0.3) is 5.88 Å². The van der Waals surface area contributed by atoms with Gasteiger partial charge in [-0.15, -0.1) is 13.2 Å². The van der Waals surface area contributed by atoms with Gasteiger partial charge < -0.3 is 4.74 Å². The molecule has 0 spiro atoms. The Kier molecular flexibility index (Phi) is 1.48. The third-order valence-corrected chi connectivity index (χ3v) is 0.518. The molecule has 1 rings (SSSR count). The molecule has 0 aliphatic rings. The van der Waals surface area contributed by atoms with Gasteiger partial charge >= 0.3 is 6.36 Å². The van der Waals surface area contributed by atoms with E-state index < -0.39 is 12.2 Å². The molecule has 0 unspecified atom stereocenters. The molecule has 4 nitrogen and oxygen atoms in total. The maximum Gasteiger partial charge on any atom is 0.574 e. The van der Waals surface area contributed by atoms with Crippen molar-refractivity contribution in [3.05, 3.63) is 6.20 Å². The Morgan fingerprint density at radius 2 is 2.20 bits per heavy atom. The summed E-state index contributed by atoms with van der Waals surface area (Å²) in [5.41, 5.74) is 0. The summed E-state index contributed by atoms with van der Waals surface area (Å²) in [5.74, 6) is -0.826. The lowest BCUT2D eigenvalue weighted by Crippen LogP contribution is -2.17. The number of halogens is 3. The lowest BCUT2D eigenvalue weighted by Gasteiger charge is -2.01. The monoisotopic (exact) mass is 153 g/mol. The van der Waals surface area contributed by atoms with E-state index in [-0.39, 0.29) is 0 Å². The van der Waals surface area contributed by atoms with Crippen LogP contribution >= 0.6 is 0 Å². The minimum Gasteiger partial charge on any atom is -0.382 e. The molecule has 55 valence electrons. The van der Waals surface area contributed by atoms with Crippen LogP contribution in [0, 0.1) is 6.20 Å². The average molecular weight is 153 g/mol. The topological polar surface area (TPSA) is 48.2 Å². The van der Waals surface area contributed by atoms with Gasteiger partial charge in [0.2, 0.25) is 6.20 Å². The van der Waals surface area contributed by atoms with E-state index in [1.54, 1.807) is 6.20 Å². The van der Waals surface area contributed by atoms with Gasteiger partial charge in [-0.2, -0.15) is 0 Å². The van der Waals surface area contributed by atoms with Crippen LogP contribution in [0.1, 0.15) is 0 Å². The summed E-state index contributed by atoms with van der Waals surface area (Å²) < 4.78 is 40.8. The van der Waals surface area contributed by atoms with Crippen molar-refractivity contribution in [3.8, 4) is 5.88 Å². The summed E-state index contributed by atoms with van der Waals surface area (Å²) in [5, 5.41) is 5.49. The summed E-state index contributed by atoms with van der Waals surface area (Å²) in [6, 6.07) is 0. The third-order valence-electron chi connectivity index (χ3n) is 0.518. The number of hydrogen-bond acceptors (Lipinski definition) is 4. The van der Waals surface area contributed by atoms with Gasteiger partial charge in [0.05, 0.1) is 0 Å². The quantitative estimate of drug-likeness (QED) is 0.597. The molecule has 1 radical (unpaired) electrons. The molecule has 1 aromatic heterocycles. The van der Waals surface area contributed by atoms with E-state index in [1.165, 1.54) is 0 Å². The lowest BCUT2D eigenvalue weighted by molar-refractivity contribution is -0.276. The van der Waals surface area contributed by atoms with Crippen molar-refractivity contribution in [1.29, 1.82) is 0 Å². The highest BCUT2D eigenvalue weighted by Crippen LogP contribution is 2.18. The van der Waals surface area contributed by atoms with Gasteiger partial charge in [-0.05, 0) is 10.3 Å². The molecule has 0 aliphatic heterocycles. The van der Waals surface area contributed by atoms with Crippen molar-refractivity contribution in [1.82, 2.24) is 10.3 Å². The molecule has 0 saturated carbocycles. The first-order valence-electron chi connectivity index (χ1n) is 2.04. The second-order valence-electron chi connectivity index (χ2n) is 1.23. The van der Waals surface area contributed by atoms with Gasteiger partial charge in [-0.1, -0.05) is 0 Å². The van der Waals surface area contributed by atoms with E-state index in [0.29, 0.717) is 0 Å². The highest BCUT2D eigenvalue weighted by molar-refractivity contribution is 4.93. The van der Waals surface area contributed by atoms with Crippen molar-refractivity contribution in [2.24, 2.45) is 0 Å². The molecule has 7 heteroatoms. The van der Waals surface area contributed by atoms with Gasteiger partial charge in [-0.25, -0.2) is 4.63 Å². The zero-order valence-corrected chi connectivity index (χ0v) is 4.34. The fraction of sp³-hybridized carbons (Fsp3) is 0.333. The van der Waals surface area contributed by atoms with Crippen molar-refractivity contribution in [2.75, 3.05) is 0 Å². The Hall–Kier alpha value is -1.27. The van der Waals surface area contributed by atoms with Crippen LogP contribution in [0.5, 0.6) is 5.88 Å². The van der Waals surface area contributed by atoms with Crippen LogP contribution in [0.2, 0.25) is 0 Å². The fourth-order valence-electron chi connectivity index (χ4n) is 0.288. The minimum atomic E-state index is -4.77. The van der Waals surface area contributed by atoms with E-state index in [9.17, 15) is 13.2 Å². The van der Waals surface area contributed by atoms with Gasteiger partial charge in [0, 0.05) is 0 Å². The van der Waals surface area contributed by atoms with Crippen LogP contribution in [0.15, 0.2) is 4.63 Å². The van der Waals surface area contributed by atoms with Crippen LogP contribution in [0.4, 0.5) is 13.2 Å². The molecule has 0 aromatic carbocycles. The van der Waals surface area contributed by atoms with Crippen molar-refractivity contribution >= 4 is 0 Å². The van der Waals surface area contributed by atoms with E-state index in [4.69, 9.17) is 0 Å². The van der Waals surface area contributed by atoms with Crippen molar-refractivity contribution < 1.29 is 22.5 Å². The summed E-state index contributed by atoms with van der Waals surface area (Å²) >= 11 is 0. The third kappa shape index (κ3) is 1.92. The molecule has 1 heterocycles. The summed E-state index contributed by atoms with van der Waals surface area (Å²) in [6.07, 6.45) is -3.05. The van der Waals surface area contributed by atoms with E-state index in [1.807, 2.05) is 0 Å². The van der Waals surface area contributed by atoms with Crippen LogP contribution < -0.4 is 4.74 Å². The Bertz CT molecular complexity index is 194. The Morgan fingerprint density at radius 3 is 2.60 bits per heavy atom. The molecule has 0 N–H and O–H groups in total. The predicted molar refractivity (Wildman–Crippen MR) is 19.8 cm³/mol. The smallest absolute Gasteiger partial charge is 0.382 e. The molecule has 0 fully saturated rings. The maximum atomic E-state index is 11.3. The van der Waals surface area contributed by atoms with E-state index in [2.05, 4.69) is 19.7 Å². The van der Waals surface area contributed by atoms with Crippen LogP contribution in [-0.2, 0) is 0 Å². The molecule has 0 atom stereocenters. The second kappa shape index (κ2) is 2.16. The zero-order valence-electron chi connectivity index (χ0n) is 4.34. The summed E-state index contributed by atoms with van der Waals surface area (Å²) in [7, 11) is 0. The highest BCUT2D eigenvalue weighted by Gasteiger charge is 2.32. The number of nitrogens with zero attached hydrogens (tertiary/aromatic N) is 2. The number of ether oxygens (including phenoxy) is 1. The first-order valence-corrected chi connectivity index (χ1v) is 2.04. The van der Waals surface area contributed by atoms with E-state index >= 15 is 0 Å². The highest BCUT2D eigenvalue weighted by atomic mass is 19.4. The Morgan fingerprint density at radius 1 is 1.50 bits per heavy atom. The fourth-order valence-corrected chi connectivity index (χ4v) is 0.288. The van der Waals surface area contributed by atoms with Gasteiger partial charge in [0.1, 0.15) is 0 Å². The molecule has 0 saturated heterocycles. The molecule has 1 aromatic rings. The van der Waals surface area contributed by atoms with E-state index in [0.717, 1.165) is 0 Å². The van der Waals surface area contributed by atoms with Crippen molar-refractivity contribution in [3.63, 3.8) is 0 Å². The van der Waals surface area contributed by atoms with Crippen LogP contribution in [0.3, 0.4) is 0 Å². The molecule has 0 aliphatic carbocycles. The molecule has 0 bridgehead atoms. The molecular weight excluding hydrogens is 153 g/mol. The largest absolute Gasteiger partial charge is 0.574 e. The normalized spacial score (nSPS) is 11.5. The number of hydrogen-bond donors (Lipinski definition) is 0. The van der Waals surface area contributed by atoms with Crippen LogP contribution in [0.25, 0.3) is 0 Å². The van der Waals surface area contributed by atoms with Gasteiger partial charge in [-0.3, -0.25) is 0 Å². The standard InChI is InChI=1S/C3F3N2O2/c4-3(5,6)9-2-1-7-10-8-2. The average Bonchev–Trinajstić information content (AvgIpc) is 2.12. The predicted octanol–water partition coefficient (Wildman–Crippen LogP) is 0.768. The molecule has 0 amide bonds. The number of aromatic nitrogens is 2. The number of rotatable bonds is 1. The summed E-state index contributed by atoms with van der Waals surface area (Å²) in [6.45, 7) is 0. The molecular formula is C3F3N2O2. The Labute approximate surface area is 52.5 Å². The van der Waals surface area contributed by atoms with Crippen molar-refractivity contribution in [2.45, 2.75) is 6.36 Å². The Balaban J connectivity index is 2.57. The minimum absolute atomic E-state index is 0.826. The summed E-state index contributed by atoms with van der Waals surface area (Å²) in [4.78, 5) is 0. The lowest BCUT2D eigenvalue weighted by atomic mass is 10.8. The number of alkyl halides is 3. The van der Waals surface area contributed by atoms with Crippen LogP contribution in [-0.4, -0.2) is 16.7 Å². The van der Waals surface area contributed by atoms with Gasteiger partial charge in [0.15, 0.2) is 0 Å². The molecule has 10 heavy (non-hydrogen) atoms. The second-order valence-corrected chi connectivity index (χ2v) is 1.23. The zero-order chi connectivity index (χ0) is 7.61. The first kappa shape index (κ1) is 6.84. The maximum absolute atomic E-state index is 11.3.